The van der Waals surface area contributed by atoms with E-state index in [2.05, 4.69) is 20.4 Å². The smallest absolute Gasteiger partial charge is 0.352 e. The zero-order valence-corrected chi connectivity index (χ0v) is 9.57. The summed E-state index contributed by atoms with van der Waals surface area (Å²) in [6.45, 7) is 0.318. The molecule has 9 nitrogen and oxygen atoms in total. The largest absolute Gasteiger partial charge is 0.378 e. The molecule has 2 aromatic rings. The number of nitrogens with zero attached hydrogens (tertiary/aromatic N) is 5. The molecule has 0 saturated heterocycles. The van der Waals surface area contributed by atoms with E-state index in [0.29, 0.717) is 6.54 Å². The van der Waals surface area contributed by atoms with Crippen LogP contribution in [0.15, 0.2) is 18.6 Å². The second-order valence-electron chi connectivity index (χ2n) is 3.55. The fourth-order valence-electron chi connectivity index (χ4n) is 1.43. The predicted molar refractivity (Wildman–Crippen MR) is 63.6 cm³/mol. The molecule has 94 valence electrons. The molecule has 0 spiro atoms. The van der Waals surface area contributed by atoms with E-state index in [9.17, 15) is 10.1 Å². The molecule has 0 saturated carbocycles. The maximum absolute atomic E-state index is 10.8. The Bertz CT molecular complexity index is 580. The molecule has 0 aromatic carbocycles. The summed E-state index contributed by atoms with van der Waals surface area (Å²) in [6.07, 6.45) is 2.95. The number of aromatic nitrogens is 4. The lowest BCUT2D eigenvalue weighted by atomic mass is 10.4. The minimum absolute atomic E-state index is 0.0816. The summed E-state index contributed by atoms with van der Waals surface area (Å²) in [5, 5.41) is 17.8. The Kier molecular flexibility index (Phi) is 3.04. The van der Waals surface area contributed by atoms with Gasteiger partial charge in [0.1, 0.15) is 6.33 Å². The number of aryl methyl sites for hydroxylation is 1. The van der Waals surface area contributed by atoms with E-state index >= 15 is 0 Å². The van der Waals surface area contributed by atoms with Gasteiger partial charge < -0.3 is 11.1 Å². The van der Waals surface area contributed by atoms with E-state index in [1.165, 1.54) is 6.33 Å². The van der Waals surface area contributed by atoms with Crippen molar-refractivity contribution < 1.29 is 4.92 Å². The number of hydrogen-bond acceptors (Lipinski definition) is 7. The lowest BCUT2D eigenvalue weighted by molar-refractivity contribution is -0.383. The van der Waals surface area contributed by atoms with Crippen molar-refractivity contribution in [2.75, 3.05) is 11.1 Å². The highest BCUT2D eigenvalue weighted by Crippen LogP contribution is 2.26. The zero-order valence-electron chi connectivity index (χ0n) is 9.57. The van der Waals surface area contributed by atoms with Gasteiger partial charge in [-0.25, -0.2) is 9.97 Å². The number of hydrogen-bond donors (Lipinski definition) is 2. The second-order valence-corrected chi connectivity index (χ2v) is 3.55. The normalized spacial score (nSPS) is 10.3. The molecule has 9 heteroatoms. The fraction of sp³-hybridized carbons (Fsp3) is 0.222. The van der Waals surface area contributed by atoms with Crippen molar-refractivity contribution >= 4 is 17.3 Å². The van der Waals surface area contributed by atoms with Gasteiger partial charge in [-0.3, -0.25) is 14.8 Å². The first-order chi connectivity index (χ1) is 8.58. The van der Waals surface area contributed by atoms with Gasteiger partial charge >= 0.3 is 5.69 Å². The second kappa shape index (κ2) is 4.65. The van der Waals surface area contributed by atoms with Gasteiger partial charge in [-0.1, -0.05) is 0 Å². The molecule has 0 amide bonds. The van der Waals surface area contributed by atoms with E-state index in [1.807, 2.05) is 0 Å². The number of rotatable bonds is 4. The van der Waals surface area contributed by atoms with Gasteiger partial charge in [0.25, 0.3) is 0 Å². The van der Waals surface area contributed by atoms with Crippen LogP contribution in [0.4, 0.5) is 17.3 Å². The van der Waals surface area contributed by atoms with E-state index in [0.717, 1.165) is 5.69 Å². The first kappa shape index (κ1) is 11.8. The predicted octanol–water partition coefficient (Wildman–Crippen LogP) is 0.313. The number of nitro groups is 1. The maximum atomic E-state index is 10.8. The Morgan fingerprint density at radius 1 is 1.56 bits per heavy atom. The molecule has 3 N–H and O–H groups in total. The topological polar surface area (TPSA) is 125 Å². The SMILES string of the molecule is Cn1ccc(CNc2ncnc(N)c2[N+](=O)[O-])n1. The van der Waals surface area contributed by atoms with Crippen LogP contribution in [0.25, 0.3) is 0 Å². The molecule has 0 bridgehead atoms. The van der Waals surface area contributed by atoms with Crippen LogP contribution in [0.3, 0.4) is 0 Å². The quantitative estimate of drug-likeness (QED) is 0.590. The lowest BCUT2D eigenvalue weighted by Gasteiger charge is -2.04. The lowest BCUT2D eigenvalue weighted by Crippen LogP contribution is -2.08. The Morgan fingerprint density at radius 2 is 2.33 bits per heavy atom. The van der Waals surface area contributed by atoms with E-state index in [4.69, 9.17) is 5.73 Å². The zero-order chi connectivity index (χ0) is 13.1. The number of nitrogen functional groups attached to an aromatic ring is 1. The minimum atomic E-state index is -0.615. The van der Waals surface area contributed by atoms with Crippen LogP contribution in [-0.4, -0.2) is 24.7 Å². The summed E-state index contributed by atoms with van der Waals surface area (Å²) in [5.74, 6) is -0.0864. The fourth-order valence-corrected chi connectivity index (χ4v) is 1.43. The molecule has 0 fully saturated rings. The summed E-state index contributed by atoms with van der Waals surface area (Å²) >= 11 is 0. The van der Waals surface area contributed by atoms with Crippen LogP contribution in [0, 0.1) is 10.1 Å². The summed E-state index contributed by atoms with van der Waals surface area (Å²) < 4.78 is 1.64. The summed E-state index contributed by atoms with van der Waals surface area (Å²) in [7, 11) is 1.79. The number of anilines is 2. The molecule has 2 aromatic heterocycles. The molecule has 0 aliphatic carbocycles. The van der Waals surface area contributed by atoms with E-state index < -0.39 is 4.92 Å². The molecule has 0 aliphatic rings. The first-order valence-electron chi connectivity index (χ1n) is 5.05. The van der Waals surface area contributed by atoms with Gasteiger partial charge in [0.2, 0.25) is 11.6 Å². The van der Waals surface area contributed by atoms with E-state index in [1.54, 1.807) is 24.0 Å². The van der Waals surface area contributed by atoms with Crippen LogP contribution >= 0.6 is 0 Å². The molecule has 2 rings (SSSR count). The third-order valence-corrected chi connectivity index (χ3v) is 2.24. The van der Waals surface area contributed by atoms with Crippen LogP contribution in [0.2, 0.25) is 0 Å². The summed E-state index contributed by atoms with van der Waals surface area (Å²) in [5.41, 5.74) is 5.86. The van der Waals surface area contributed by atoms with Crippen molar-refractivity contribution in [3.05, 3.63) is 34.4 Å². The number of nitrogens with two attached hydrogens (primary N) is 1. The molecule has 0 atom stereocenters. The highest BCUT2D eigenvalue weighted by atomic mass is 16.6. The minimum Gasteiger partial charge on any atom is -0.378 e. The summed E-state index contributed by atoms with van der Waals surface area (Å²) in [6, 6.07) is 1.80. The Labute approximate surface area is 102 Å². The highest BCUT2D eigenvalue weighted by molar-refractivity contribution is 5.67. The number of nitrogens with one attached hydrogen (secondary N) is 1. The standard InChI is InChI=1S/C9H11N7O2/c1-15-3-2-6(14-15)4-11-9-7(16(17)18)8(10)12-5-13-9/h2-3,5H,4H2,1H3,(H3,10,11,12,13). The van der Waals surface area contributed by atoms with Crippen molar-refractivity contribution in [2.45, 2.75) is 6.54 Å². The molecular weight excluding hydrogens is 238 g/mol. The van der Waals surface area contributed by atoms with Gasteiger partial charge in [-0.2, -0.15) is 5.10 Å². The van der Waals surface area contributed by atoms with Crippen LogP contribution in [-0.2, 0) is 13.6 Å². The average Bonchev–Trinajstić information content (AvgIpc) is 2.72. The van der Waals surface area contributed by atoms with Gasteiger partial charge in [-0.05, 0) is 6.07 Å². The van der Waals surface area contributed by atoms with Gasteiger partial charge in [0, 0.05) is 13.2 Å². The van der Waals surface area contributed by atoms with E-state index in [-0.39, 0.29) is 17.3 Å². The van der Waals surface area contributed by atoms with Crippen molar-refractivity contribution in [3.63, 3.8) is 0 Å². The third-order valence-electron chi connectivity index (χ3n) is 2.24. The third kappa shape index (κ3) is 2.34. The Balaban J connectivity index is 2.19. The van der Waals surface area contributed by atoms with Gasteiger partial charge in [0.15, 0.2) is 0 Å². The van der Waals surface area contributed by atoms with Crippen LogP contribution < -0.4 is 11.1 Å². The Hall–Kier alpha value is -2.71. The monoisotopic (exact) mass is 249 g/mol. The van der Waals surface area contributed by atoms with Crippen LogP contribution in [0.5, 0.6) is 0 Å². The van der Waals surface area contributed by atoms with Crippen molar-refractivity contribution in [3.8, 4) is 0 Å². The Morgan fingerprint density at radius 3 is 2.94 bits per heavy atom. The van der Waals surface area contributed by atoms with Crippen molar-refractivity contribution in [1.29, 1.82) is 0 Å². The van der Waals surface area contributed by atoms with Gasteiger partial charge in [-0.15, -0.1) is 0 Å². The van der Waals surface area contributed by atoms with Gasteiger partial charge in [0.05, 0.1) is 17.2 Å². The molecule has 0 radical (unpaired) electrons. The molecular formula is C9H11N7O2. The van der Waals surface area contributed by atoms with Crippen molar-refractivity contribution in [1.82, 2.24) is 19.7 Å². The first-order valence-corrected chi connectivity index (χ1v) is 5.05. The van der Waals surface area contributed by atoms with Crippen LogP contribution in [0.1, 0.15) is 5.69 Å². The molecule has 2 heterocycles. The van der Waals surface area contributed by atoms with Crippen molar-refractivity contribution in [2.24, 2.45) is 7.05 Å². The molecule has 0 unspecified atom stereocenters. The average molecular weight is 249 g/mol. The summed E-state index contributed by atoms with van der Waals surface area (Å²) in [4.78, 5) is 17.6. The molecule has 18 heavy (non-hydrogen) atoms. The highest BCUT2D eigenvalue weighted by Gasteiger charge is 2.20. The maximum Gasteiger partial charge on any atom is 0.352 e. The molecule has 0 aliphatic heterocycles.